The Morgan fingerprint density at radius 2 is 1.67 bits per heavy atom. The first-order chi connectivity index (χ1) is 8.69. The predicted octanol–water partition coefficient (Wildman–Crippen LogP) is 4.07. The molecule has 0 saturated carbocycles. The van der Waals surface area contributed by atoms with Crippen LogP contribution in [0, 0.1) is 0 Å². The van der Waals surface area contributed by atoms with Gasteiger partial charge in [-0.25, -0.2) is 0 Å². The molecule has 1 amide bonds. The highest BCUT2D eigenvalue weighted by atomic mass is 16.2. The highest BCUT2D eigenvalue weighted by molar-refractivity contribution is 5.79. The molecule has 1 fully saturated rings. The molecule has 1 aliphatic heterocycles. The summed E-state index contributed by atoms with van der Waals surface area (Å²) in [7, 11) is 1.87. The topological polar surface area (TPSA) is 20.3 Å². The van der Waals surface area contributed by atoms with Crippen LogP contribution in [0.3, 0.4) is 0 Å². The average Bonchev–Trinajstić information content (AvgIpc) is 2.74. The normalized spacial score (nSPS) is 17.5. The van der Waals surface area contributed by atoms with Gasteiger partial charge in [0.2, 0.25) is 5.91 Å². The van der Waals surface area contributed by atoms with Crippen LogP contribution in [0.2, 0.25) is 0 Å². The van der Waals surface area contributed by atoms with Gasteiger partial charge in [0.15, 0.2) is 0 Å². The predicted molar refractivity (Wildman–Crippen MR) is 78.8 cm³/mol. The largest absolute Gasteiger partial charge is 0.345 e. The van der Waals surface area contributed by atoms with E-state index in [4.69, 9.17) is 0 Å². The fraction of sp³-hybridized carbons (Fsp3) is 0.562. The quantitative estimate of drug-likeness (QED) is 0.734. The van der Waals surface area contributed by atoms with Gasteiger partial charge in [-0.3, -0.25) is 4.79 Å². The van der Waals surface area contributed by atoms with Gasteiger partial charge in [0, 0.05) is 25.9 Å². The van der Waals surface area contributed by atoms with Crippen LogP contribution in [0.5, 0.6) is 0 Å². The zero-order valence-electron chi connectivity index (χ0n) is 12.4. The molecule has 18 heavy (non-hydrogen) atoms. The summed E-state index contributed by atoms with van der Waals surface area (Å²) in [5.41, 5.74) is 1.28. The maximum absolute atomic E-state index is 11.3. The number of amides is 1. The number of carbonyl (C=O) groups excluding carboxylic acids is 1. The van der Waals surface area contributed by atoms with Gasteiger partial charge in [0.05, 0.1) is 0 Å². The van der Waals surface area contributed by atoms with Crippen LogP contribution >= 0.6 is 0 Å². The van der Waals surface area contributed by atoms with E-state index in [1.807, 2.05) is 39.1 Å². The van der Waals surface area contributed by atoms with E-state index >= 15 is 0 Å². The molecule has 1 atom stereocenters. The Hall–Kier alpha value is -1.31. The molecule has 1 saturated heterocycles. The summed E-state index contributed by atoms with van der Waals surface area (Å²) in [5.74, 6) is 0.660. The molecule has 0 spiro atoms. The Morgan fingerprint density at radius 1 is 1.17 bits per heavy atom. The Kier molecular flexibility index (Phi) is 8.99. The van der Waals surface area contributed by atoms with Crippen molar-refractivity contribution >= 4 is 5.91 Å². The first-order valence-electron chi connectivity index (χ1n) is 6.97. The zero-order valence-corrected chi connectivity index (χ0v) is 12.4. The van der Waals surface area contributed by atoms with Gasteiger partial charge in [0.25, 0.3) is 0 Å². The molecule has 1 unspecified atom stereocenters. The minimum Gasteiger partial charge on any atom is -0.345 e. The summed E-state index contributed by atoms with van der Waals surface area (Å²) >= 11 is 0. The first-order valence-corrected chi connectivity index (χ1v) is 6.97. The van der Waals surface area contributed by atoms with E-state index in [9.17, 15) is 4.79 Å². The number of benzene rings is 1. The van der Waals surface area contributed by atoms with Gasteiger partial charge in [0.1, 0.15) is 0 Å². The first kappa shape index (κ1) is 16.7. The summed E-state index contributed by atoms with van der Waals surface area (Å²) < 4.78 is 0. The second-order valence-electron chi connectivity index (χ2n) is 4.29. The summed E-state index contributed by atoms with van der Waals surface area (Å²) in [5, 5.41) is 0. The molecule has 0 N–H and O–H groups in total. The Bertz CT molecular complexity index is 321. The van der Waals surface area contributed by atoms with Crippen molar-refractivity contribution in [2.45, 2.75) is 46.5 Å². The number of carbonyl (C=O) groups is 1. The van der Waals surface area contributed by atoms with E-state index in [1.165, 1.54) is 12.0 Å². The highest BCUT2D eigenvalue weighted by Gasteiger charge is 2.27. The molecule has 102 valence electrons. The molecule has 0 radical (unpaired) electrons. The van der Waals surface area contributed by atoms with E-state index < -0.39 is 0 Å². The molecule has 2 heteroatoms. The van der Waals surface area contributed by atoms with Gasteiger partial charge in [-0.15, -0.1) is 0 Å². The standard InChI is InChI=1S/C11H13NO.C3H8.C2H6/c1-12-8-10(7-11(12)13)9-5-3-2-4-6-9;1-3-2;1-2/h2-6,10H,7-8H2,1H3;3H2,1-2H3;1-2H3. The zero-order chi connectivity index (χ0) is 14.0. The molecular formula is C16H27NO. The molecule has 1 aromatic rings. The van der Waals surface area contributed by atoms with Crippen molar-refractivity contribution in [3.05, 3.63) is 35.9 Å². The second kappa shape index (κ2) is 9.69. The minimum absolute atomic E-state index is 0.258. The van der Waals surface area contributed by atoms with Gasteiger partial charge >= 0.3 is 0 Å². The van der Waals surface area contributed by atoms with Crippen molar-refractivity contribution in [3.63, 3.8) is 0 Å². The van der Waals surface area contributed by atoms with Crippen LogP contribution in [0.15, 0.2) is 30.3 Å². The van der Waals surface area contributed by atoms with Gasteiger partial charge in [-0.2, -0.15) is 0 Å². The molecule has 0 aliphatic carbocycles. The SMILES string of the molecule is CC.CCC.CN1CC(c2ccccc2)CC1=O. The van der Waals surface area contributed by atoms with Crippen molar-refractivity contribution in [3.8, 4) is 0 Å². The van der Waals surface area contributed by atoms with Crippen molar-refractivity contribution in [2.75, 3.05) is 13.6 Å². The van der Waals surface area contributed by atoms with Crippen molar-refractivity contribution in [2.24, 2.45) is 0 Å². The number of nitrogens with zero attached hydrogens (tertiary/aromatic N) is 1. The maximum Gasteiger partial charge on any atom is 0.223 e. The number of hydrogen-bond donors (Lipinski definition) is 0. The highest BCUT2D eigenvalue weighted by Crippen LogP contribution is 2.26. The van der Waals surface area contributed by atoms with Crippen LogP contribution in [0.4, 0.5) is 0 Å². The third kappa shape index (κ3) is 5.35. The van der Waals surface area contributed by atoms with Crippen LogP contribution < -0.4 is 0 Å². The van der Waals surface area contributed by atoms with Crippen LogP contribution in [0.1, 0.15) is 52.0 Å². The molecule has 1 aromatic carbocycles. The maximum atomic E-state index is 11.3. The number of rotatable bonds is 1. The monoisotopic (exact) mass is 249 g/mol. The van der Waals surface area contributed by atoms with E-state index in [2.05, 4.69) is 26.0 Å². The molecule has 1 heterocycles. The summed E-state index contributed by atoms with van der Waals surface area (Å²) in [6, 6.07) is 10.2. The van der Waals surface area contributed by atoms with Gasteiger partial charge in [-0.1, -0.05) is 64.4 Å². The van der Waals surface area contributed by atoms with Crippen LogP contribution in [-0.4, -0.2) is 24.4 Å². The molecule has 1 aliphatic rings. The van der Waals surface area contributed by atoms with Gasteiger partial charge in [-0.05, 0) is 5.56 Å². The molecule has 0 bridgehead atoms. The average molecular weight is 249 g/mol. The number of hydrogen-bond acceptors (Lipinski definition) is 1. The lowest BCUT2D eigenvalue weighted by Gasteiger charge is -2.09. The van der Waals surface area contributed by atoms with E-state index in [0.29, 0.717) is 12.3 Å². The smallest absolute Gasteiger partial charge is 0.223 e. The fourth-order valence-corrected chi connectivity index (χ4v) is 1.81. The lowest BCUT2D eigenvalue weighted by molar-refractivity contribution is -0.126. The summed E-state index contributed by atoms with van der Waals surface area (Å²) in [4.78, 5) is 13.1. The van der Waals surface area contributed by atoms with E-state index in [1.54, 1.807) is 4.90 Å². The van der Waals surface area contributed by atoms with Crippen molar-refractivity contribution in [1.29, 1.82) is 0 Å². The Labute approximate surface area is 112 Å². The fourth-order valence-electron chi connectivity index (χ4n) is 1.81. The summed E-state index contributed by atoms with van der Waals surface area (Å²) in [6.45, 7) is 9.11. The second-order valence-corrected chi connectivity index (χ2v) is 4.29. The molecule has 2 rings (SSSR count). The number of likely N-dealkylation sites (tertiary alicyclic amines) is 1. The third-order valence-corrected chi connectivity index (χ3v) is 2.61. The van der Waals surface area contributed by atoms with Crippen molar-refractivity contribution < 1.29 is 4.79 Å². The van der Waals surface area contributed by atoms with Crippen LogP contribution in [0.25, 0.3) is 0 Å². The number of likely N-dealkylation sites (N-methyl/N-ethyl adjacent to an activating group) is 1. The Morgan fingerprint density at radius 3 is 2.06 bits per heavy atom. The molecular weight excluding hydrogens is 222 g/mol. The van der Waals surface area contributed by atoms with Crippen LogP contribution in [-0.2, 0) is 4.79 Å². The summed E-state index contributed by atoms with van der Waals surface area (Å²) in [6.07, 6.45) is 1.92. The molecule has 2 nitrogen and oxygen atoms in total. The Balaban J connectivity index is 0.000000509. The minimum atomic E-state index is 0.258. The lowest BCUT2D eigenvalue weighted by atomic mass is 9.99. The van der Waals surface area contributed by atoms with Gasteiger partial charge < -0.3 is 4.90 Å². The third-order valence-electron chi connectivity index (χ3n) is 2.61. The van der Waals surface area contributed by atoms with E-state index in [0.717, 1.165) is 6.54 Å². The molecule has 0 aromatic heterocycles. The van der Waals surface area contributed by atoms with Crippen molar-refractivity contribution in [1.82, 2.24) is 4.90 Å². The van der Waals surface area contributed by atoms with E-state index in [-0.39, 0.29) is 5.91 Å². The lowest BCUT2D eigenvalue weighted by Crippen LogP contribution is -2.18.